The molecule has 3 aromatic carbocycles. The summed E-state index contributed by atoms with van der Waals surface area (Å²) in [6, 6.07) is 16.7. The van der Waals surface area contributed by atoms with Crippen molar-refractivity contribution in [3.63, 3.8) is 0 Å². The van der Waals surface area contributed by atoms with Crippen molar-refractivity contribution in [3.8, 4) is 11.5 Å². The lowest BCUT2D eigenvalue weighted by atomic mass is 10.0. The molecule has 31 heavy (non-hydrogen) atoms. The van der Waals surface area contributed by atoms with Crippen LogP contribution in [-0.2, 0) is 6.18 Å². The minimum Gasteiger partial charge on any atom is -0.497 e. The van der Waals surface area contributed by atoms with Gasteiger partial charge in [0.15, 0.2) is 0 Å². The molecule has 0 aromatic heterocycles. The maximum Gasteiger partial charge on any atom is 0.416 e. The van der Waals surface area contributed by atoms with Crippen LogP contribution in [0.3, 0.4) is 0 Å². The maximum atomic E-state index is 13.2. The van der Waals surface area contributed by atoms with Gasteiger partial charge in [-0.05, 0) is 48.5 Å². The number of alkyl halides is 3. The van der Waals surface area contributed by atoms with Gasteiger partial charge in [-0.15, -0.1) is 0 Å². The minimum atomic E-state index is -4.51. The van der Waals surface area contributed by atoms with E-state index in [2.05, 4.69) is 0 Å². The fourth-order valence-electron chi connectivity index (χ4n) is 3.28. The SMILES string of the molecule is COc1ccc(C(=O)N2C(=O)c3ccccc3OC2c2ccc(C(F)(F)F)cc2)cc1. The molecule has 0 N–H and O–H groups in total. The second-order valence-corrected chi connectivity index (χ2v) is 6.79. The summed E-state index contributed by atoms with van der Waals surface area (Å²) < 4.78 is 49.8. The Kier molecular flexibility index (Phi) is 5.14. The summed E-state index contributed by atoms with van der Waals surface area (Å²) in [4.78, 5) is 27.3. The minimum absolute atomic E-state index is 0.188. The second-order valence-electron chi connectivity index (χ2n) is 6.79. The van der Waals surface area contributed by atoms with Gasteiger partial charge in [0, 0.05) is 11.1 Å². The highest BCUT2D eigenvalue weighted by Gasteiger charge is 2.40. The Morgan fingerprint density at radius 2 is 1.61 bits per heavy atom. The zero-order valence-corrected chi connectivity index (χ0v) is 16.2. The molecule has 0 fully saturated rings. The second kappa shape index (κ2) is 7.79. The van der Waals surface area contributed by atoms with E-state index in [1.165, 1.54) is 37.4 Å². The number of fused-ring (bicyclic) bond motifs is 1. The first-order chi connectivity index (χ1) is 14.8. The van der Waals surface area contributed by atoms with E-state index in [1.807, 2.05) is 0 Å². The van der Waals surface area contributed by atoms with Crippen molar-refractivity contribution in [3.05, 3.63) is 95.1 Å². The third-order valence-corrected chi connectivity index (χ3v) is 4.89. The highest BCUT2D eigenvalue weighted by atomic mass is 19.4. The van der Waals surface area contributed by atoms with Crippen LogP contribution in [-0.4, -0.2) is 23.8 Å². The summed E-state index contributed by atoms with van der Waals surface area (Å²) >= 11 is 0. The number of amides is 2. The summed E-state index contributed by atoms with van der Waals surface area (Å²) in [5, 5.41) is 0. The molecule has 1 aliphatic heterocycles. The molecule has 5 nitrogen and oxygen atoms in total. The first kappa shape index (κ1) is 20.5. The average Bonchev–Trinajstić information content (AvgIpc) is 2.78. The first-order valence-corrected chi connectivity index (χ1v) is 9.24. The van der Waals surface area contributed by atoms with Crippen LogP contribution in [0.15, 0.2) is 72.8 Å². The van der Waals surface area contributed by atoms with E-state index >= 15 is 0 Å². The fourth-order valence-corrected chi connectivity index (χ4v) is 3.28. The molecule has 2 amide bonds. The van der Waals surface area contributed by atoms with Crippen molar-refractivity contribution in [2.24, 2.45) is 0 Å². The normalized spacial score (nSPS) is 15.8. The van der Waals surface area contributed by atoms with E-state index in [1.54, 1.807) is 30.3 Å². The smallest absolute Gasteiger partial charge is 0.416 e. The zero-order valence-electron chi connectivity index (χ0n) is 16.2. The molecule has 1 aliphatic rings. The molecule has 3 aromatic rings. The summed E-state index contributed by atoms with van der Waals surface area (Å²) in [7, 11) is 1.48. The van der Waals surface area contributed by atoms with Gasteiger partial charge in [0.25, 0.3) is 11.8 Å². The van der Waals surface area contributed by atoms with Gasteiger partial charge in [0.2, 0.25) is 6.23 Å². The molecule has 0 bridgehead atoms. The molecule has 8 heteroatoms. The van der Waals surface area contributed by atoms with Crippen LogP contribution in [0.5, 0.6) is 11.5 Å². The molecule has 0 aliphatic carbocycles. The largest absolute Gasteiger partial charge is 0.497 e. The van der Waals surface area contributed by atoms with Crippen LogP contribution >= 0.6 is 0 Å². The molecule has 1 atom stereocenters. The number of hydrogen-bond donors (Lipinski definition) is 0. The molecule has 0 radical (unpaired) electrons. The van der Waals surface area contributed by atoms with Crippen molar-refractivity contribution in [2.75, 3.05) is 7.11 Å². The summed E-state index contributed by atoms with van der Waals surface area (Å²) in [5.74, 6) is -0.474. The van der Waals surface area contributed by atoms with Crippen molar-refractivity contribution in [1.82, 2.24) is 4.90 Å². The molecular weight excluding hydrogens is 411 g/mol. The van der Waals surface area contributed by atoms with Gasteiger partial charge in [-0.3, -0.25) is 9.59 Å². The number of carbonyl (C=O) groups excluding carboxylic acids is 2. The predicted molar refractivity (Wildman–Crippen MR) is 105 cm³/mol. The van der Waals surface area contributed by atoms with Crippen molar-refractivity contribution >= 4 is 11.8 Å². The Bertz CT molecular complexity index is 1120. The third-order valence-electron chi connectivity index (χ3n) is 4.89. The van der Waals surface area contributed by atoms with Gasteiger partial charge in [-0.2, -0.15) is 13.2 Å². The molecule has 158 valence electrons. The van der Waals surface area contributed by atoms with E-state index in [9.17, 15) is 22.8 Å². The molecule has 1 unspecified atom stereocenters. The van der Waals surface area contributed by atoms with E-state index < -0.39 is 29.8 Å². The predicted octanol–water partition coefficient (Wildman–Crippen LogP) is 5.09. The standard InChI is InChI=1S/C23H16F3NO4/c1-30-17-12-8-14(9-13-17)20(28)27-21(29)18-4-2-3-5-19(18)31-22(27)15-6-10-16(11-7-15)23(24,25)26/h2-13,22H,1H3. The van der Waals surface area contributed by atoms with E-state index in [0.717, 1.165) is 17.0 Å². The zero-order chi connectivity index (χ0) is 22.2. The fraction of sp³-hybridized carbons (Fsp3) is 0.130. The van der Waals surface area contributed by atoms with Crippen LogP contribution in [0, 0.1) is 0 Å². The number of rotatable bonds is 3. The van der Waals surface area contributed by atoms with Crippen molar-refractivity contribution in [2.45, 2.75) is 12.4 Å². The Labute approximate surface area is 175 Å². The lowest BCUT2D eigenvalue weighted by molar-refractivity contribution is -0.137. The van der Waals surface area contributed by atoms with Crippen LogP contribution in [0.4, 0.5) is 13.2 Å². The molecule has 0 spiro atoms. The summed E-state index contributed by atoms with van der Waals surface area (Å²) in [6.45, 7) is 0. The summed E-state index contributed by atoms with van der Waals surface area (Å²) in [6.07, 6.45) is -5.73. The monoisotopic (exact) mass is 427 g/mol. The first-order valence-electron chi connectivity index (χ1n) is 9.24. The van der Waals surface area contributed by atoms with Crippen molar-refractivity contribution < 1.29 is 32.2 Å². The van der Waals surface area contributed by atoms with E-state index in [4.69, 9.17) is 9.47 Å². The molecule has 0 saturated carbocycles. The highest BCUT2D eigenvalue weighted by Crippen LogP contribution is 2.37. The Morgan fingerprint density at radius 1 is 0.968 bits per heavy atom. The lowest BCUT2D eigenvalue weighted by Gasteiger charge is -2.35. The van der Waals surface area contributed by atoms with Crippen LogP contribution < -0.4 is 9.47 Å². The molecular formula is C23H16F3NO4. The number of ether oxygens (including phenoxy) is 2. The van der Waals surface area contributed by atoms with Gasteiger partial charge >= 0.3 is 6.18 Å². The highest BCUT2D eigenvalue weighted by molar-refractivity contribution is 6.12. The van der Waals surface area contributed by atoms with E-state index in [-0.39, 0.29) is 22.4 Å². The van der Waals surface area contributed by atoms with E-state index in [0.29, 0.717) is 5.75 Å². The topological polar surface area (TPSA) is 55.8 Å². The summed E-state index contributed by atoms with van der Waals surface area (Å²) in [5.41, 5.74) is -0.217. The Morgan fingerprint density at radius 3 is 2.23 bits per heavy atom. The third kappa shape index (κ3) is 3.84. The number of benzene rings is 3. The van der Waals surface area contributed by atoms with Gasteiger partial charge in [-0.1, -0.05) is 24.3 Å². The molecule has 0 saturated heterocycles. The van der Waals surface area contributed by atoms with Crippen LogP contribution in [0.25, 0.3) is 0 Å². The number of halogens is 3. The van der Waals surface area contributed by atoms with Crippen molar-refractivity contribution in [1.29, 1.82) is 0 Å². The van der Waals surface area contributed by atoms with Gasteiger partial charge in [0.05, 0.1) is 18.2 Å². The number of carbonyl (C=O) groups is 2. The Balaban J connectivity index is 1.76. The van der Waals surface area contributed by atoms with Crippen LogP contribution in [0.1, 0.15) is 38.1 Å². The number of hydrogen-bond acceptors (Lipinski definition) is 4. The molecule has 1 heterocycles. The quantitative estimate of drug-likeness (QED) is 0.547. The Hall–Kier alpha value is -3.81. The maximum absolute atomic E-state index is 13.2. The number of para-hydroxylation sites is 1. The number of nitrogens with zero attached hydrogens (tertiary/aromatic N) is 1. The number of imide groups is 1. The number of methoxy groups -OCH3 is 1. The van der Waals surface area contributed by atoms with Gasteiger partial charge in [0.1, 0.15) is 11.5 Å². The lowest BCUT2D eigenvalue weighted by Crippen LogP contribution is -2.45. The van der Waals surface area contributed by atoms with Crippen LogP contribution in [0.2, 0.25) is 0 Å². The van der Waals surface area contributed by atoms with Gasteiger partial charge < -0.3 is 9.47 Å². The molecule has 4 rings (SSSR count). The average molecular weight is 427 g/mol. The van der Waals surface area contributed by atoms with Gasteiger partial charge in [-0.25, -0.2) is 4.90 Å².